The molecule has 12 heteroatoms. The second kappa shape index (κ2) is 13.8. The first kappa shape index (κ1) is 28.2. The van der Waals surface area contributed by atoms with Gasteiger partial charge in [0.25, 0.3) is 11.8 Å². The summed E-state index contributed by atoms with van der Waals surface area (Å²) in [5.41, 5.74) is 0.0883. The third kappa shape index (κ3) is 9.29. The summed E-state index contributed by atoms with van der Waals surface area (Å²) in [6.07, 6.45) is 4.33. The molecule has 3 N–H and O–H groups in total. The predicted molar refractivity (Wildman–Crippen MR) is 133 cm³/mol. The van der Waals surface area contributed by atoms with Gasteiger partial charge in [0.1, 0.15) is 28.5 Å². The molecule has 35 heavy (non-hydrogen) atoms. The fraction of sp³-hybridized carbons (Fsp3) is 0.478. The Morgan fingerprint density at radius 1 is 1.29 bits per heavy atom. The third-order valence-electron chi connectivity index (χ3n) is 4.80. The van der Waals surface area contributed by atoms with Gasteiger partial charge >= 0.3 is 5.97 Å². The molecule has 0 fully saturated rings. The molecule has 190 valence electrons. The van der Waals surface area contributed by atoms with Crippen LogP contribution in [-0.2, 0) is 30.5 Å². The van der Waals surface area contributed by atoms with E-state index in [4.69, 9.17) is 4.74 Å². The number of thiazole rings is 1. The highest BCUT2D eigenvalue weighted by molar-refractivity contribution is 8.13. The molecule has 2 bridgehead atoms. The van der Waals surface area contributed by atoms with Crippen LogP contribution in [0.3, 0.4) is 0 Å². The van der Waals surface area contributed by atoms with E-state index in [9.17, 15) is 24.0 Å². The van der Waals surface area contributed by atoms with Crippen LogP contribution in [0.1, 0.15) is 56.0 Å². The molecule has 1 aliphatic rings. The van der Waals surface area contributed by atoms with Gasteiger partial charge in [-0.05, 0) is 25.3 Å². The fourth-order valence-corrected chi connectivity index (χ4v) is 4.23. The highest BCUT2D eigenvalue weighted by Crippen LogP contribution is 2.14. The van der Waals surface area contributed by atoms with Crippen molar-refractivity contribution in [3.8, 4) is 0 Å². The average molecular weight is 523 g/mol. The van der Waals surface area contributed by atoms with Gasteiger partial charge in [-0.15, -0.1) is 11.3 Å². The molecule has 0 spiro atoms. The van der Waals surface area contributed by atoms with E-state index in [1.165, 1.54) is 41.5 Å². The van der Waals surface area contributed by atoms with Crippen molar-refractivity contribution in [1.29, 1.82) is 0 Å². The van der Waals surface area contributed by atoms with Crippen LogP contribution >= 0.6 is 23.1 Å². The maximum absolute atomic E-state index is 13.0. The number of carbonyl (C=O) groups is 5. The van der Waals surface area contributed by atoms with Crippen LogP contribution in [-0.4, -0.2) is 51.7 Å². The van der Waals surface area contributed by atoms with Crippen molar-refractivity contribution < 1.29 is 28.7 Å². The molecule has 1 aromatic rings. The van der Waals surface area contributed by atoms with E-state index < -0.39 is 29.9 Å². The van der Waals surface area contributed by atoms with Gasteiger partial charge < -0.3 is 20.7 Å². The maximum atomic E-state index is 13.0. The molecule has 2 heterocycles. The highest BCUT2D eigenvalue weighted by atomic mass is 32.2. The molecular weight excluding hydrogens is 492 g/mol. The minimum Gasteiger partial charge on any atom is -0.456 e. The molecule has 1 unspecified atom stereocenters. The minimum absolute atomic E-state index is 0.00598. The van der Waals surface area contributed by atoms with E-state index >= 15 is 0 Å². The van der Waals surface area contributed by atoms with Crippen molar-refractivity contribution in [2.24, 2.45) is 5.92 Å². The van der Waals surface area contributed by atoms with E-state index in [0.717, 1.165) is 0 Å². The average Bonchev–Trinajstić information content (AvgIpc) is 3.27. The number of allylic oxidation sites excluding steroid dienone is 2. The summed E-state index contributed by atoms with van der Waals surface area (Å²) in [6, 6.07) is -1.01. The van der Waals surface area contributed by atoms with Crippen LogP contribution in [0, 0.1) is 5.92 Å². The molecule has 0 saturated carbocycles. The lowest BCUT2D eigenvalue weighted by Gasteiger charge is -2.24. The number of nitrogens with one attached hydrogen (secondary N) is 3. The normalized spacial score (nSPS) is 21.6. The van der Waals surface area contributed by atoms with Crippen LogP contribution in [0.25, 0.3) is 0 Å². The SMILES string of the molecule is C/C=C1\NC(=O)c2csc(n2)CNC(=O)C[C@@H](/C=C/CCSC(C)=O)OC(=O)C(C(C)C)NC1=O. The summed E-state index contributed by atoms with van der Waals surface area (Å²) < 4.78 is 5.60. The summed E-state index contributed by atoms with van der Waals surface area (Å²) in [5.74, 6) is -2.07. The van der Waals surface area contributed by atoms with Crippen molar-refractivity contribution in [3.63, 3.8) is 0 Å². The second-order valence-electron chi connectivity index (χ2n) is 7.99. The molecule has 2 atom stereocenters. The monoisotopic (exact) mass is 522 g/mol. The van der Waals surface area contributed by atoms with Gasteiger partial charge in [-0.2, -0.15) is 0 Å². The Bertz CT molecular complexity index is 1020. The summed E-state index contributed by atoms with van der Waals surface area (Å²) in [4.78, 5) is 66.1. The standard InChI is InChI=1S/C23H30N4O6S2/c1-5-16-21(30)27-20(13(2)3)23(32)33-15(8-6-7-9-34-14(4)28)10-18(29)24-11-19-25-17(12-35-19)22(31)26-16/h5-6,8,12-13,15,20H,7,9-11H2,1-4H3,(H,24,29)(H,26,31)(H,27,30)/b8-6+,16-5-/t15-,20?/m1/s1. The van der Waals surface area contributed by atoms with Gasteiger partial charge in [-0.3, -0.25) is 19.2 Å². The molecule has 0 saturated heterocycles. The number of fused-ring (bicyclic) bond motifs is 2. The van der Waals surface area contributed by atoms with Crippen LogP contribution in [0.15, 0.2) is 29.3 Å². The number of hydrogen-bond donors (Lipinski definition) is 3. The lowest BCUT2D eigenvalue weighted by atomic mass is 10.0. The van der Waals surface area contributed by atoms with E-state index in [1.807, 2.05) is 0 Å². The Morgan fingerprint density at radius 2 is 2.03 bits per heavy atom. The Labute approximate surface area is 212 Å². The number of rotatable bonds is 5. The number of nitrogens with zero attached hydrogens (tertiary/aromatic N) is 1. The highest BCUT2D eigenvalue weighted by Gasteiger charge is 2.30. The summed E-state index contributed by atoms with van der Waals surface area (Å²) in [7, 11) is 0. The number of ether oxygens (including phenoxy) is 1. The number of thioether (sulfide) groups is 1. The van der Waals surface area contributed by atoms with Crippen molar-refractivity contribution in [3.05, 3.63) is 40.0 Å². The Kier molecular flexibility index (Phi) is 11.1. The molecule has 1 aromatic heterocycles. The lowest BCUT2D eigenvalue weighted by molar-refractivity contribution is -0.153. The van der Waals surface area contributed by atoms with Crippen molar-refractivity contribution >= 4 is 51.9 Å². The van der Waals surface area contributed by atoms with Crippen molar-refractivity contribution in [2.45, 2.75) is 59.2 Å². The summed E-state index contributed by atoms with van der Waals surface area (Å²) in [5, 5.41) is 9.89. The number of esters is 1. The molecule has 0 aliphatic carbocycles. The number of amides is 3. The molecule has 1 aliphatic heterocycles. The first-order valence-electron chi connectivity index (χ1n) is 11.1. The number of carbonyl (C=O) groups excluding carboxylic acids is 5. The zero-order chi connectivity index (χ0) is 26.0. The minimum atomic E-state index is -1.01. The third-order valence-corrected chi connectivity index (χ3v) is 6.50. The lowest BCUT2D eigenvalue weighted by Crippen LogP contribution is -2.48. The van der Waals surface area contributed by atoms with Gasteiger partial charge in [-0.25, -0.2) is 9.78 Å². The van der Waals surface area contributed by atoms with Crippen LogP contribution in [0.4, 0.5) is 0 Å². The first-order valence-corrected chi connectivity index (χ1v) is 13.0. The van der Waals surface area contributed by atoms with Crippen LogP contribution < -0.4 is 16.0 Å². The number of cyclic esters (lactones) is 1. The van der Waals surface area contributed by atoms with Gasteiger partial charge in [0.15, 0.2) is 5.12 Å². The zero-order valence-electron chi connectivity index (χ0n) is 20.1. The quantitative estimate of drug-likeness (QED) is 0.231. The smallest absolute Gasteiger partial charge is 0.329 e. The number of hydrogen-bond acceptors (Lipinski definition) is 9. The first-order chi connectivity index (χ1) is 16.6. The number of aromatic nitrogens is 1. The van der Waals surface area contributed by atoms with E-state index in [2.05, 4.69) is 20.9 Å². The van der Waals surface area contributed by atoms with Gasteiger partial charge in [0, 0.05) is 18.1 Å². The molecule has 0 radical (unpaired) electrons. The Hall–Kier alpha value is -2.99. The van der Waals surface area contributed by atoms with E-state index in [0.29, 0.717) is 17.2 Å². The fourth-order valence-electron chi connectivity index (χ4n) is 2.98. The van der Waals surface area contributed by atoms with Crippen molar-refractivity contribution in [2.75, 3.05) is 5.75 Å². The summed E-state index contributed by atoms with van der Waals surface area (Å²) >= 11 is 2.38. The van der Waals surface area contributed by atoms with Crippen LogP contribution in [0.2, 0.25) is 0 Å². The largest absolute Gasteiger partial charge is 0.456 e. The molecular formula is C23H30N4O6S2. The second-order valence-corrected chi connectivity index (χ2v) is 10.2. The predicted octanol–water partition coefficient (Wildman–Crippen LogP) is 2.08. The maximum Gasteiger partial charge on any atom is 0.329 e. The zero-order valence-corrected chi connectivity index (χ0v) is 21.7. The molecule has 3 amide bonds. The van der Waals surface area contributed by atoms with Gasteiger partial charge in [-0.1, -0.05) is 37.8 Å². The van der Waals surface area contributed by atoms with Gasteiger partial charge in [0.05, 0.1) is 13.0 Å². The topological polar surface area (TPSA) is 144 Å². The molecule has 2 rings (SSSR count). The summed E-state index contributed by atoms with van der Waals surface area (Å²) in [6.45, 7) is 6.65. The van der Waals surface area contributed by atoms with Crippen molar-refractivity contribution in [1.82, 2.24) is 20.9 Å². The van der Waals surface area contributed by atoms with Gasteiger partial charge in [0.2, 0.25) is 5.91 Å². The Balaban J connectivity index is 2.29. The molecule has 0 aromatic carbocycles. The van der Waals surface area contributed by atoms with Crippen LogP contribution in [0.5, 0.6) is 0 Å². The molecule has 10 nitrogen and oxygen atoms in total. The van der Waals surface area contributed by atoms with E-state index in [-0.39, 0.29) is 41.3 Å². The Morgan fingerprint density at radius 3 is 2.69 bits per heavy atom. The van der Waals surface area contributed by atoms with E-state index in [1.54, 1.807) is 32.9 Å².